The molecule has 0 N–H and O–H groups in total. The van der Waals surface area contributed by atoms with Crippen molar-refractivity contribution < 1.29 is 8.42 Å². The summed E-state index contributed by atoms with van der Waals surface area (Å²) in [6, 6.07) is 18.0. The highest BCUT2D eigenvalue weighted by atomic mass is 32.2. The fraction of sp³-hybridized carbons (Fsp3) is 0.300. The molecule has 2 aromatic carbocycles. The van der Waals surface area contributed by atoms with Crippen LogP contribution in [0.5, 0.6) is 0 Å². The monoisotopic (exact) mass is 326 g/mol. The fourth-order valence-corrected chi connectivity index (χ4v) is 3.99. The van der Waals surface area contributed by atoms with Gasteiger partial charge in [0, 0.05) is 12.2 Å². The summed E-state index contributed by atoms with van der Waals surface area (Å²) in [6.45, 7) is 0. The highest BCUT2D eigenvalue weighted by Gasteiger charge is 2.23. The summed E-state index contributed by atoms with van der Waals surface area (Å²) < 4.78 is 23.2. The van der Waals surface area contributed by atoms with Crippen LogP contribution in [0.3, 0.4) is 0 Å². The summed E-state index contributed by atoms with van der Waals surface area (Å²) in [7, 11) is -3.13. The Morgan fingerprint density at radius 2 is 1.70 bits per heavy atom. The van der Waals surface area contributed by atoms with Crippen molar-refractivity contribution in [3.8, 4) is 0 Å². The van der Waals surface area contributed by atoms with Crippen LogP contribution in [-0.4, -0.2) is 14.7 Å². The molecular weight excluding hydrogens is 304 g/mol. The quantitative estimate of drug-likeness (QED) is 0.781. The zero-order valence-electron chi connectivity index (χ0n) is 13.4. The molecule has 0 spiro atoms. The number of rotatable bonds is 4. The summed E-state index contributed by atoms with van der Waals surface area (Å²) in [5.74, 6) is 0.920. The van der Waals surface area contributed by atoms with Crippen molar-refractivity contribution in [3.05, 3.63) is 77.9 Å². The van der Waals surface area contributed by atoms with Gasteiger partial charge in [-0.2, -0.15) is 0 Å². The van der Waals surface area contributed by atoms with Gasteiger partial charge < -0.3 is 0 Å². The smallest absolute Gasteiger partial charge is 0.175 e. The summed E-state index contributed by atoms with van der Waals surface area (Å²) in [5.41, 5.74) is 2.57. The maximum absolute atomic E-state index is 11.6. The largest absolute Gasteiger partial charge is 0.224 e. The third kappa shape index (κ3) is 3.91. The highest BCUT2D eigenvalue weighted by Crippen LogP contribution is 2.36. The Bertz CT molecular complexity index is 774. The highest BCUT2D eigenvalue weighted by molar-refractivity contribution is 7.90. The van der Waals surface area contributed by atoms with Gasteiger partial charge in [0.2, 0.25) is 0 Å². The molecule has 0 aromatic heterocycles. The molecule has 0 amide bonds. The molecule has 1 aliphatic carbocycles. The first-order valence-corrected chi connectivity index (χ1v) is 9.94. The molecule has 0 radical (unpaired) electrons. The number of sulfone groups is 1. The standard InChI is InChI=1S/C20H22O2S/c1-23(21,22)19-13-11-17(12-14-19)20-10-6-5-9-18(20)15-16-7-3-2-4-8-16/h2-4,6-8,10-14,18,20H,5,9,15H2,1H3. The van der Waals surface area contributed by atoms with E-state index in [1.54, 1.807) is 12.1 Å². The average molecular weight is 326 g/mol. The van der Waals surface area contributed by atoms with Crippen molar-refractivity contribution >= 4 is 9.84 Å². The predicted molar refractivity (Wildman–Crippen MR) is 94.3 cm³/mol. The fourth-order valence-electron chi connectivity index (χ4n) is 3.36. The molecule has 0 bridgehead atoms. The number of hydrogen-bond acceptors (Lipinski definition) is 2. The SMILES string of the molecule is CS(=O)(=O)c1ccc(C2C=CCCC2Cc2ccccc2)cc1. The minimum Gasteiger partial charge on any atom is -0.224 e. The molecular formula is C20H22O2S. The van der Waals surface area contributed by atoms with Gasteiger partial charge in [-0.3, -0.25) is 0 Å². The molecule has 0 heterocycles. The van der Waals surface area contributed by atoms with Gasteiger partial charge in [-0.05, 0) is 48.4 Å². The lowest BCUT2D eigenvalue weighted by molar-refractivity contribution is 0.426. The van der Waals surface area contributed by atoms with Crippen molar-refractivity contribution in [2.45, 2.75) is 30.1 Å². The van der Waals surface area contributed by atoms with Crippen molar-refractivity contribution in [1.82, 2.24) is 0 Å². The van der Waals surface area contributed by atoms with Gasteiger partial charge in [-0.25, -0.2) is 8.42 Å². The number of allylic oxidation sites excluding steroid dienone is 2. The second kappa shape index (κ2) is 6.71. The molecule has 1 aliphatic rings. The van der Waals surface area contributed by atoms with E-state index in [9.17, 15) is 8.42 Å². The van der Waals surface area contributed by atoms with Crippen LogP contribution in [0.1, 0.15) is 29.9 Å². The Balaban J connectivity index is 1.84. The maximum Gasteiger partial charge on any atom is 0.175 e. The molecule has 3 heteroatoms. The summed E-state index contributed by atoms with van der Waals surface area (Å²) in [4.78, 5) is 0.389. The first-order chi connectivity index (χ1) is 11.0. The van der Waals surface area contributed by atoms with E-state index in [-0.39, 0.29) is 0 Å². The van der Waals surface area contributed by atoms with E-state index >= 15 is 0 Å². The molecule has 0 saturated carbocycles. The Morgan fingerprint density at radius 1 is 1.00 bits per heavy atom. The van der Waals surface area contributed by atoms with Gasteiger partial charge in [0.1, 0.15) is 0 Å². The van der Waals surface area contributed by atoms with Crippen LogP contribution in [0.25, 0.3) is 0 Å². The third-order valence-corrected chi connectivity index (χ3v) is 5.72. The van der Waals surface area contributed by atoms with Crippen molar-refractivity contribution in [2.24, 2.45) is 5.92 Å². The van der Waals surface area contributed by atoms with Crippen LogP contribution >= 0.6 is 0 Å². The van der Waals surface area contributed by atoms with E-state index in [0.29, 0.717) is 16.7 Å². The average Bonchev–Trinajstić information content (AvgIpc) is 2.56. The van der Waals surface area contributed by atoms with E-state index in [4.69, 9.17) is 0 Å². The van der Waals surface area contributed by atoms with Gasteiger partial charge in [0.25, 0.3) is 0 Å². The second-order valence-corrected chi connectivity index (χ2v) is 8.34. The molecule has 3 rings (SSSR count). The zero-order valence-corrected chi connectivity index (χ0v) is 14.2. The lowest BCUT2D eigenvalue weighted by Gasteiger charge is -2.28. The van der Waals surface area contributed by atoms with Crippen LogP contribution in [0, 0.1) is 5.92 Å². The van der Waals surface area contributed by atoms with Gasteiger partial charge in [0.15, 0.2) is 9.84 Å². The Hall–Kier alpha value is -1.87. The first kappa shape index (κ1) is 16.0. The lowest BCUT2D eigenvalue weighted by Crippen LogP contribution is -2.17. The summed E-state index contributed by atoms with van der Waals surface area (Å²) in [5, 5.41) is 0. The summed E-state index contributed by atoms with van der Waals surface area (Å²) >= 11 is 0. The van der Waals surface area contributed by atoms with Crippen molar-refractivity contribution in [3.63, 3.8) is 0 Å². The first-order valence-electron chi connectivity index (χ1n) is 8.04. The van der Waals surface area contributed by atoms with E-state index in [2.05, 4.69) is 36.4 Å². The van der Waals surface area contributed by atoms with E-state index in [0.717, 1.165) is 12.8 Å². The van der Waals surface area contributed by atoms with Gasteiger partial charge in [0.05, 0.1) is 4.90 Å². The van der Waals surface area contributed by atoms with Crippen LogP contribution in [0.4, 0.5) is 0 Å². The maximum atomic E-state index is 11.6. The molecule has 2 aromatic rings. The predicted octanol–water partition coefficient (Wildman–Crippen LogP) is 4.38. The number of benzene rings is 2. The molecule has 23 heavy (non-hydrogen) atoms. The molecule has 2 unspecified atom stereocenters. The van der Waals surface area contributed by atoms with Gasteiger partial charge >= 0.3 is 0 Å². The normalized spacial score (nSPS) is 21.3. The van der Waals surface area contributed by atoms with Crippen molar-refractivity contribution in [2.75, 3.05) is 6.26 Å². The van der Waals surface area contributed by atoms with Crippen LogP contribution in [-0.2, 0) is 16.3 Å². The minimum atomic E-state index is -3.13. The topological polar surface area (TPSA) is 34.1 Å². The lowest BCUT2D eigenvalue weighted by atomic mass is 9.76. The molecule has 2 atom stereocenters. The molecule has 0 saturated heterocycles. The van der Waals surface area contributed by atoms with Gasteiger partial charge in [-0.15, -0.1) is 0 Å². The van der Waals surface area contributed by atoms with E-state index < -0.39 is 9.84 Å². The van der Waals surface area contributed by atoms with Crippen LogP contribution in [0.2, 0.25) is 0 Å². The zero-order chi connectivity index (χ0) is 16.3. The number of hydrogen-bond donors (Lipinski definition) is 0. The second-order valence-electron chi connectivity index (χ2n) is 6.32. The molecule has 120 valence electrons. The van der Waals surface area contributed by atoms with Crippen LogP contribution in [0.15, 0.2) is 71.6 Å². The van der Waals surface area contributed by atoms with E-state index in [1.807, 2.05) is 18.2 Å². The third-order valence-electron chi connectivity index (χ3n) is 4.59. The summed E-state index contributed by atoms with van der Waals surface area (Å²) in [6.07, 6.45) is 9.13. The molecule has 0 fully saturated rings. The van der Waals surface area contributed by atoms with Crippen molar-refractivity contribution in [1.29, 1.82) is 0 Å². The molecule has 2 nitrogen and oxygen atoms in total. The Labute approximate surface area is 138 Å². The van der Waals surface area contributed by atoms with Gasteiger partial charge in [-0.1, -0.05) is 54.6 Å². The van der Waals surface area contributed by atoms with Crippen LogP contribution < -0.4 is 0 Å². The Morgan fingerprint density at radius 3 is 2.35 bits per heavy atom. The Kier molecular flexibility index (Phi) is 4.67. The van der Waals surface area contributed by atoms with E-state index in [1.165, 1.54) is 23.8 Å². The minimum absolute atomic E-state index is 0.359. The molecule has 0 aliphatic heterocycles.